The van der Waals surface area contributed by atoms with Gasteiger partial charge >= 0.3 is 11.5 Å². The van der Waals surface area contributed by atoms with Crippen LogP contribution in [0.3, 0.4) is 0 Å². The highest BCUT2D eigenvalue weighted by atomic mass is 32.2. The van der Waals surface area contributed by atoms with Gasteiger partial charge in [0.25, 0.3) is 21.7 Å². The number of aromatic nitrogens is 1. The fourth-order valence-electron chi connectivity index (χ4n) is 2.88. The van der Waals surface area contributed by atoms with Crippen molar-refractivity contribution in [2.75, 3.05) is 18.5 Å². The second-order valence-electron chi connectivity index (χ2n) is 6.44. The number of pyridine rings is 1. The largest absolute Gasteiger partial charge is 0.501 e. The minimum absolute atomic E-state index is 0.0197. The lowest BCUT2D eigenvalue weighted by Gasteiger charge is -2.18. The monoisotopic (exact) mass is 456 g/mol. The molecule has 4 amide bonds. The molecule has 2 aromatic rings. The Morgan fingerprint density at radius 1 is 1.16 bits per heavy atom. The second-order valence-corrected chi connectivity index (χ2v) is 8.38. The maximum atomic E-state index is 12.7. The summed E-state index contributed by atoms with van der Waals surface area (Å²) in [4.78, 5) is 41.5. The third kappa shape index (κ3) is 4.21. The number of rotatable bonds is 5. The quantitative estimate of drug-likeness (QED) is 0.685. The molecule has 13 heteroatoms. The Balaban J connectivity index is 1.80. The van der Waals surface area contributed by atoms with Gasteiger partial charge in [-0.3, -0.25) is 14.6 Å². The van der Waals surface area contributed by atoms with E-state index < -0.39 is 38.1 Å². The molecule has 0 radical (unpaired) electrons. The molecule has 0 unspecified atom stereocenters. The molecule has 3 rings (SSSR count). The first-order valence-electron chi connectivity index (χ1n) is 8.66. The number of hydrogen-bond acceptors (Lipinski definition) is 6. The molecule has 0 aliphatic carbocycles. The van der Waals surface area contributed by atoms with Gasteiger partial charge in [0, 0.05) is 19.8 Å². The Bertz CT molecular complexity index is 1150. The molecule has 1 aromatic carbocycles. The van der Waals surface area contributed by atoms with Crippen molar-refractivity contribution in [3.63, 3.8) is 0 Å². The van der Waals surface area contributed by atoms with Gasteiger partial charge in [-0.25, -0.2) is 18.1 Å². The average Bonchev–Trinajstić information content (AvgIpc) is 2.99. The molecule has 1 fully saturated rings. The van der Waals surface area contributed by atoms with Crippen molar-refractivity contribution in [2.45, 2.75) is 16.9 Å². The summed E-state index contributed by atoms with van der Waals surface area (Å²) in [5, 5.41) is 2.41. The predicted molar refractivity (Wildman–Crippen MR) is 101 cm³/mol. The van der Waals surface area contributed by atoms with Crippen LogP contribution in [-0.4, -0.2) is 55.2 Å². The number of nitrogens with one attached hydrogen (secondary N) is 1. The summed E-state index contributed by atoms with van der Waals surface area (Å²) in [7, 11) is -4.11. The minimum atomic E-state index is -5.55. The first-order valence-corrected chi connectivity index (χ1v) is 10.1. The fraction of sp³-hybridized carbons (Fsp3) is 0.222. The lowest BCUT2D eigenvalue weighted by Crippen LogP contribution is -2.33. The Labute approximate surface area is 174 Å². The SMILES string of the molecule is CNC(=O)c1cc(CN2CC(=O)N(c3ccc(S(=O)(=O)C(F)(F)F)cc3)C2=O)ccn1. The van der Waals surface area contributed by atoms with E-state index >= 15 is 0 Å². The van der Waals surface area contributed by atoms with Crippen LogP contribution in [0.5, 0.6) is 0 Å². The maximum absolute atomic E-state index is 12.7. The Morgan fingerprint density at radius 3 is 2.39 bits per heavy atom. The van der Waals surface area contributed by atoms with Crippen molar-refractivity contribution in [1.29, 1.82) is 0 Å². The van der Waals surface area contributed by atoms with Crippen LogP contribution in [0, 0.1) is 0 Å². The van der Waals surface area contributed by atoms with Crippen molar-refractivity contribution < 1.29 is 36.0 Å². The molecule has 164 valence electrons. The van der Waals surface area contributed by atoms with E-state index in [0.29, 0.717) is 17.7 Å². The number of alkyl halides is 3. The highest BCUT2D eigenvalue weighted by Gasteiger charge is 2.47. The molecule has 1 aliphatic heterocycles. The van der Waals surface area contributed by atoms with Crippen LogP contribution in [-0.2, 0) is 21.2 Å². The van der Waals surface area contributed by atoms with Crippen LogP contribution >= 0.6 is 0 Å². The van der Waals surface area contributed by atoms with Crippen LogP contribution < -0.4 is 10.2 Å². The fourth-order valence-corrected chi connectivity index (χ4v) is 3.64. The van der Waals surface area contributed by atoms with Crippen LogP contribution in [0.25, 0.3) is 0 Å². The molecular formula is C18H15F3N4O5S. The van der Waals surface area contributed by atoms with Gasteiger partial charge in [-0.2, -0.15) is 13.2 Å². The first kappa shape index (κ1) is 22.2. The zero-order chi connectivity index (χ0) is 23.0. The maximum Gasteiger partial charge on any atom is 0.501 e. The van der Waals surface area contributed by atoms with Crippen LogP contribution in [0.2, 0.25) is 0 Å². The van der Waals surface area contributed by atoms with Gasteiger partial charge in [-0.15, -0.1) is 0 Å². The van der Waals surface area contributed by atoms with Crippen LogP contribution in [0.1, 0.15) is 16.1 Å². The zero-order valence-corrected chi connectivity index (χ0v) is 16.7. The van der Waals surface area contributed by atoms with Gasteiger partial charge in [-0.05, 0) is 42.0 Å². The van der Waals surface area contributed by atoms with Crippen LogP contribution in [0.4, 0.5) is 23.7 Å². The molecule has 1 aliphatic rings. The van der Waals surface area contributed by atoms with E-state index in [0.717, 1.165) is 17.0 Å². The minimum Gasteiger partial charge on any atom is -0.354 e. The van der Waals surface area contributed by atoms with Crippen molar-refractivity contribution >= 4 is 33.4 Å². The Kier molecular flexibility index (Phi) is 5.72. The number of nitrogens with zero attached hydrogens (tertiary/aromatic N) is 3. The lowest BCUT2D eigenvalue weighted by molar-refractivity contribution is -0.116. The van der Waals surface area contributed by atoms with Gasteiger partial charge in [0.2, 0.25) is 0 Å². The zero-order valence-electron chi connectivity index (χ0n) is 15.9. The van der Waals surface area contributed by atoms with Crippen molar-refractivity contribution in [1.82, 2.24) is 15.2 Å². The number of urea groups is 1. The van der Waals surface area contributed by atoms with Gasteiger partial charge in [-0.1, -0.05) is 0 Å². The van der Waals surface area contributed by atoms with Gasteiger partial charge in [0.05, 0.1) is 10.6 Å². The number of sulfone groups is 1. The predicted octanol–water partition coefficient (Wildman–Crippen LogP) is 1.70. The van der Waals surface area contributed by atoms with E-state index in [1.807, 2.05) is 0 Å². The Hall–Kier alpha value is -3.48. The normalized spacial score (nSPS) is 14.8. The van der Waals surface area contributed by atoms with Gasteiger partial charge < -0.3 is 10.2 Å². The summed E-state index contributed by atoms with van der Waals surface area (Å²) in [5.41, 5.74) is -4.89. The van der Waals surface area contributed by atoms with E-state index in [1.54, 1.807) is 6.07 Å². The highest BCUT2D eigenvalue weighted by Crippen LogP contribution is 2.32. The second kappa shape index (κ2) is 7.98. The molecule has 0 spiro atoms. The molecule has 1 N–H and O–H groups in total. The van der Waals surface area contributed by atoms with E-state index in [1.165, 1.54) is 24.2 Å². The number of benzene rings is 1. The third-order valence-corrected chi connectivity index (χ3v) is 5.91. The Morgan fingerprint density at radius 2 is 1.81 bits per heavy atom. The first-order chi connectivity index (χ1) is 14.5. The molecule has 2 heterocycles. The number of carbonyl (C=O) groups excluding carboxylic acids is 3. The molecule has 0 atom stereocenters. The molecule has 0 saturated carbocycles. The number of anilines is 1. The summed E-state index contributed by atoms with van der Waals surface area (Å²) in [5.74, 6) is -1.07. The number of carbonyl (C=O) groups is 3. The average molecular weight is 456 g/mol. The van der Waals surface area contributed by atoms with Crippen LogP contribution in [0.15, 0.2) is 47.5 Å². The molecular weight excluding hydrogens is 441 g/mol. The van der Waals surface area contributed by atoms with Crippen molar-refractivity contribution in [2.24, 2.45) is 0 Å². The molecule has 31 heavy (non-hydrogen) atoms. The van der Waals surface area contributed by atoms with Crippen molar-refractivity contribution in [3.05, 3.63) is 53.9 Å². The van der Waals surface area contributed by atoms with E-state index in [4.69, 9.17) is 0 Å². The summed E-state index contributed by atoms with van der Waals surface area (Å²) >= 11 is 0. The summed E-state index contributed by atoms with van der Waals surface area (Å²) < 4.78 is 60.9. The number of halogens is 3. The summed E-state index contributed by atoms with van der Waals surface area (Å²) in [6, 6.07) is 5.54. The van der Waals surface area contributed by atoms with Crippen molar-refractivity contribution in [3.8, 4) is 0 Å². The highest BCUT2D eigenvalue weighted by molar-refractivity contribution is 7.92. The topological polar surface area (TPSA) is 117 Å². The molecule has 9 nitrogen and oxygen atoms in total. The smallest absolute Gasteiger partial charge is 0.354 e. The van der Waals surface area contributed by atoms with E-state index in [-0.39, 0.29) is 24.5 Å². The number of imide groups is 1. The van der Waals surface area contributed by atoms with E-state index in [2.05, 4.69) is 10.3 Å². The lowest BCUT2D eigenvalue weighted by atomic mass is 10.2. The van der Waals surface area contributed by atoms with Gasteiger partial charge in [0.1, 0.15) is 12.2 Å². The summed E-state index contributed by atoms with van der Waals surface area (Å²) in [6.45, 7) is -0.326. The number of hydrogen-bond donors (Lipinski definition) is 1. The molecule has 1 saturated heterocycles. The molecule has 0 bridgehead atoms. The van der Waals surface area contributed by atoms with Gasteiger partial charge in [0.15, 0.2) is 0 Å². The number of amides is 4. The third-order valence-electron chi connectivity index (χ3n) is 4.40. The summed E-state index contributed by atoms with van der Waals surface area (Å²) in [6.07, 6.45) is 1.37. The van der Waals surface area contributed by atoms with E-state index in [9.17, 15) is 36.0 Å². The molecule has 1 aromatic heterocycles. The standard InChI is InChI=1S/C18H15F3N4O5S/c1-22-16(27)14-8-11(6-7-23-14)9-24-10-15(26)25(17(24)28)12-2-4-13(5-3-12)31(29,30)18(19,20)21/h2-8H,9-10H2,1H3,(H,22,27).